The zero-order valence-electron chi connectivity index (χ0n) is 12.3. The average molecular weight is 311 g/mol. The minimum atomic E-state index is 0. The van der Waals surface area contributed by atoms with Crippen LogP contribution in [0.4, 0.5) is 0 Å². The van der Waals surface area contributed by atoms with Gasteiger partial charge in [0.25, 0.3) is 0 Å². The van der Waals surface area contributed by atoms with Crippen LogP contribution >= 0.6 is 12.4 Å². The molecule has 1 heterocycles. The van der Waals surface area contributed by atoms with E-state index in [0.717, 1.165) is 23.8 Å². The van der Waals surface area contributed by atoms with Gasteiger partial charge in [0, 0.05) is 31.5 Å². The van der Waals surface area contributed by atoms with Gasteiger partial charge in [-0.05, 0) is 36.5 Å². The Kier molecular flexibility index (Phi) is 5.12. The molecule has 116 valence electrons. The lowest BCUT2D eigenvalue weighted by molar-refractivity contribution is -0.134. The minimum Gasteiger partial charge on any atom is -0.497 e. The van der Waals surface area contributed by atoms with Gasteiger partial charge in [0.15, 0.2) is 0 Å². The van der Waals surface area contributed by atoms with Crippen LogP contribution in [0, 0.1) is 5.92 Å². The number of nitrogens with zero attached hydrogens (tertiary/aromatic N) is 1. The Balaban J connectivity index is 0.00000161. The molecule has 0 aromatic heterocycles. The summed E-state index contributed by atoms with van der Waals surface area (Å²) in [5.41, 5.74) is 7.44. The van der Waals surface area contributed by atoms with Crippen molar-refractivity contribution in [1.82, 2.24) is 4.90 Å². The number of ether oxygens (including phenoxy) is 1. The Morgan fingerprint density at radius 2 is 1.95 bits per heavy atom. The maximum atomic E-state index is 12.3. The van der Waals surface area contributed by atoms with Crippen molar-refractivity contribution in [1.29, 1.82) is 0 Å². The van der Waals surface area contributed by atoms with E-state index in [0.29, 0.717) is 13.0 Å². The van der Waals surface area contributed by atoms with Gasteiger partial charge in [0.1, 0.15) is 5.75 Å². The van der Waals surface area contributed by atoms with Crippen molar-refractivity contribution >= 4 is 18.3 Å². The van der Waals surface area contributed by atoms with E-state index in [1.165, 1.54) is 12.8 Å². The highest BCUT2D eigenvalue weighted by Crippen LogP contribution is 2.34. The predicted octanol–water partition coefficient (Wildman–Crippen LogP) is 2.17. The SMILES string of the molecule is COc1ccc(C2CC(=O)N(CC3CC3)CC2N)cc1.Cl. The number of carbonyl (C=O) groups is 1. The molecule has 21 heavy (non-hydrogen) atoms. The normalized spacial score (nSPS) is 25.4. The lowest BCUT2D eigenvalue weighted by Crippen LogP contribution is -2.50. The number of nitrogens with two attached hydrogens (primary N) is 1. The standard InChI is InChI=1S/C16H22N2O2.ClH/c1-20-13-6-4-12(5-7-13)14-8-16(19)18(10-15(14)17)9-11-2-3-11;/h4-7,11,14-15H,2-3,8-10,17H2,1H3;1H. The van der Waals surface area contributed by atoms with E-state index in [-0.39, 0.29) is 30.3 Å². The first-order valence-corrected chi connectivity index (χ1v) is 7.34. The zero-order chi connectivity index (χ0) is 14.1. The second-order valence-corrected chi connectivity index (χ2v) is 5.99. The van der Waals surface area contributed by atoms with Gasteiger partial charge in [-0.25, -0.2) is 0 Å². The summed E-state index contributed by atoms with van der Waals surface area (Å²) in [5, 5.41) is 0. The van der Waals surface area contributed by atoms with Crippen LogP contribution in [0.3, 0.4) is 0 Å². The van der Waals surface area contributed by atoms with Gasteiger partial charge in [-0.1, -0.05) is 12.1 Å². The largest absolute Gasteiger partial charge is 0.497 e. The van der Waals surface area contributed by atoms with Gasteiger partial charge in [-0.3, -0.25) is 4.79 Å². The molecule has 0 spiro atoms. The fraction of sp³-hybridized carbons (Fsp3) is 0.562. The molecule has 1 amide bonds. The average Bonchev–Trinajstić information content (AvgIpc) is 3.27. The molecule has 0 radical (unpaired) electrons. The molecule has 2 fully saturated rings. The number of benzene rings is 1. The van der Waals surface area contributed by atoms with Crippen LogP contribution in [0.1, 0.15) is 30.7 Å². The Hall–Kier alpha value is -1.26. The van der Waals surface area contributed by atoms with Crippen LogP contribution in [0.2, 0.25) is 0 Å². The predicted molar refractivity (Wildman–Crippen MR) is 84.9 cm³/mol. The number of piperidine rings is 1. The molecule has 1 aromatic carbocycles. The second kappa shape index (κ2) is 6.67. The summed E-state index contributed by atoms with van der Waals surface area (Å²) in [6.07, 6.45) is 3.06. The fourth-order valence-electron chi connectivity index (χ4n) is 2.96. The molecule has 2 unspecified atom stereocenters. The van der Waals surface area contributed by atoms with E-state index >= 15 is 0 Å². The molecule has 1 saturated heterocycles. The third-order valence-electron chi connectivity index (χ3n) is 4.41. The molecule has 5 heteroatoms. The lowest BCUT2D eigenvalue weighted by atomic mass is 9.85. The quantitative estimate of drug-likeness (QED) is 0.927. The van der Waals surface area contributed by atoms with Crippen molar-refractivity contribution < 1.29 is 9.53 Å². The summed E-state index contributed by atoms with van der Waals surface area (Å²) < 4.78 is 5.17. The van der Waals surface area contributed by atoms with E-state index in [9.17, 15) is 4.79 Å². The lowest BCUT2D eigenvalue weighted by Gasteiger charge is -2.36. The van der Waals surface area contributed by atoms with Gasteiger partial charge in [0.05, 0.1) is 7.11 Å². The van der Waals surface area contributed by atoms with Crippen LogP contribution < -0.4 is 10.5 Å². The molecule has 1 aromatic rings. The van der Waals surface area contributed by atoms with Gasteiger partial charge in [-0.2, -0.15) is 0 Å². The van der Waals surface area contributed by atoms with E-state index in [2.05, 4.69) is 0 Å². The highest BCUT2D eigenvalue weighted by Gasteiger charge is 2.35. The molecular formula is C16H23ClN2O2. The van der Waals surface area contributed by atoms with E-state index in [4.69, 9.17) is 10.5 Å². The zero-order valence-corrected chi connectivity index (χ0v) is 13.1. The molecule has 1 saturated carbocycles. The first kappa shape index (κ1) is 16.1. The molecule has 0 bridgehead atoms. The fourth-order valence-corrected chi connectivity index (χ4v) is 2.96. The molecule has 2 N–H and O–H groups in total. The summed E-state index contributed by atoms with van der Waals surface area (Å²) >= 11 is 0. The molecular weight excluding hydrogens is 288 g/mol. The molecule has 4 nitrogen and oxygen atoms in total. The number of methoxy groups -OCH3 is 1. The number of rotatable bonds is 4. The number of likely N-dealkylation sites (tertiary alicyclic amines) is 1. The molecule has 2 atom stereocenters. The third-order valence-corrected chi connectivity index (χ3v) is 4.41. The van der Waals surface area contributed by atoms with Crippen molar-refractivity contribution in [2.75, 3.05) is 20.2 Å². The minimum absolute atomic E-state index is 0. The van der Waals surface area contributed by atoms with Crippen molar-refractivity contribution in [3.8, 4) is 5.75 Å². The van der Waals surface area contributed by atoms with Crippen LogP contribution in [-0.4, -0.2) is 37.0 Å². The maximum Gasteiger partial charge on any atom is 0.223 e. The Morgan fingerprint density at radius 3 is 2.52 bits per heavy atom. The van der Waals surface area contributed by atoms with Crippen LogP contribution in [0.25, 0.3) is 0 Å². The van der Waals surface area contributed by atoms with Crippen molar-refractivity contribution in [2.24, 2.45) is 11.7 Å². The van der Waals surface area contributed by atoms with Crippen LogP contribution in [-0.2, 0) is 4.79 Å². The Bertz CT molecular complexity index is 488. The second-order valence-electron chi connectivity index (χ2n) is 5.99. The Labute approximate surface area is 132 Å². The number of carbonyl (C=O) groups excluding carboxylic acids is 1. The number of halogens is 1. The van der Waals surface area contributed by atoms with Crippen LogP contribution in [0.5, 0.6) is 5.75 Å². The van der Waals surface area contributed by atoms with Gasteiger partial charge >= 0.3 is 0 Å². The van der Waals surface area contributed by atoms with Crippen molar-refractivity contribution in [2.45, 2.75) is 31.2 Å². The highest BCUT2D eigenvalue weighted by molar-refractivity contribution is 5.85. The highest BCUT2D eigenvalue weighted by atomic mass is 35.5. The van der Waals surface area contributed by atoms with Crippen molar-refractivity contribution in [3.63, 3.8) is 0 Å². The number of hydrogen-bond donors (Lipinski definition) is 1. The monoisotopic (exact) mass is 310 g/mol. The summed E-state index contributed by atoms with van der Waals surface area (Å²) in [4.78, 5) is 14.2. The van der Waals surface area contributed by atoms with E-state index in [1.54, 1.807) is 7.11 Å². The third kappa shape index (κ3) is 3.69. The maximum absolute atomic E-state index is 12.3. The topological polar surface area (TPSA) is 55.6 Å². The smallest absolute Gasteiger partial charge is 0.223 e. The van der Waals surface area contributed by atoms with Gasteiger partial charge in [0.2, 0.25) is 5.91 Å². The van der Waals surface area contributed by atoms with Crippen LogP contribution in [0.15, 0.2) is 24.3 Å². The van der Waals surface area contributed by atoms with Crippen molar-refractivity contribution in [3.05, 3.63) is 29.8 Å². The molecule has 1 aliphatic heterocycles. The summed E-state index contributed by atoms with van der Waals surface area (Å²) in [7, 11) is 1.65. The van der Waals surface area contributed by atoms with Gasteiger partial charge < -0.3 is 15.4 Å². The summed E-state index contributed by atoms with van der Waals surface area (Å²) in [6.45, 7) is 1.59. The molecule has 3 rings (SSSR count). The first-order valence-electron chi connectivity index (χ1n) is 7.34. The van der Waals surface area contributed by atoms with Gasteiger partial charge in [-0.15, -0.1) is 12.4 Å². The summed E-state index contributed by atoms with van der Waals surface area (Å²) in [6, 6.07) is 7.94. The Morgan fingerprint density at radius 1 is 1.29 bits per heavy atom. The summed E-state index contributed by atoms with van der Waals surface area (Å²) in [5.74, 6) is 1.94. The molecule has 1 aliphatic carbocycles. The number of hydrogen-bond acceptors (Lipinski definition) is 3. The molecule has 2 aliphatic rings. The van der Waals surface area contributed by atoms with E-state index in [1.807, 2.05) is 29.2 Å². The first-order chi connectivity index (χ1) is 9.67. The van der Waals surface area contributed by atoms with E-state index < -0.39 is 0 Å². The number of amides is 1.